The number of aromatic nitrogens is 1. The van der Waals surface area contributed by atoms with Gasteiger partial charge in [-0.1, -0.05) is 76.9 Å². The summed E-state index contributed by atoms with van der Waals surface area (Å²) in [7, 11) is 0. The maximum atomic E-state index is 10.2. The molecule has 0 radical (unpaired) electrons. The number of pyridine rings is 1. The third-order valence-electron chi connectivity index (χ3n) is 4.50. The zero-order chi connectivity index (χ0) is 19.3. The van der Waals surface area contributed by atoms with Crippen LogP contribution < -0.4 is 0 Å². The molecule has 2 rings (SSSR count). The topological polar surface area (TPSA) is 33.1 Å². The van der Waals surface area contributed by atoms with Crippen LogP contribution in [0.15, 0.2) is 30.3 Å². The van der Waals surface area contributed by atoms with E-state index in [2.05, 4.69) is 52.8 Å². The first-order chi connectivity index (χ1) is 12.4. The van der Waals surface area contributed by atoms with E-state index in [9.17, 15) is 5.11 Å². The molecule has 3 heteroatoms. The molecule has 140 valence electrons. The predicted octanol–water partition coefficient (Wildman–Crippen LogP) is 6.95. The summed E-state index contributed by atoms with van der Waals surface area (Å²) in [6.45, 7) is 10.7. The van der Waals surface area contributed by atoms with Crippen molar-refractivity contribution in [2.75, 3.05) is 0 Å². The highest BCUT2D eigenvalue weighted by molar-refractivity contribution is 6.30. The lowest BCUT2D eigenvalue weighted by Gasteiger charge is -2.23. The number of aliphatic hydroxyl groups is 1. The number of hydrogen-bond donors (Lipinski definition) is 1. The van der Waals surface area contributed by atoms with E-state index in [1.807, 2.05) is 18.2 Å². The van der Waals surface area contributed by atoms with Crippen molar-refractivity contribution in [3.8, 4) is 11.1 Å². The minimum atomic E-state index is -0.0324. The Kier molecular flexibility index (Phi) is 7.43. The number of unbranched alkanes of at least 4 members (excludes halogenated alkanes) is 1. The molecule has 2 nitrogen and oxygen atoms in total. The van der Waals surface area contributed by atoms with Gasteiger partial charge in [-0.2, -0.15) is 0 Å². The van der Waals surface area contributed by atoms with Crippen molar-refractivity contribution in [2.24, 2.45) is 0 Å². The van der Waals surface area contributed by atoms with Crippen LogP contribution in [0.4, 0.5) is 0 Å². The molecule has 1 heterocycles. The Bertz CT molecular complexity index is 778. The molecule has 0 fully saturated rings. The van der Waals surface area contributed by atoms with Gasteiger partial charge in [0, 0.05) is 21.8 Å². The van der Waals surface area contributed by atoms with Gasteiger partial charge in [-0.15, -0.1) is 0 Å². The van der Waals surface area contributed by atoms with Gasteiger partial charge in [0.15, 0.2) is 0 Å². The third kappa shape index (κ3) is 4.55. The van der Waals surface area contributed by atoms with E-state index in [1.165, 1.54) is 0 Å². The Labute approximate surface area is 162 Å². The fourth-order valence-electron chi connectivity index (χ4n) is 3.26. The highest BCUT2D eigenvalue weighted by Crippen LogP contribution is 2.38. The monoisotopic (exact) mass is 371 g/mol. The van der Waals surface area contributed by atoms with Crippen molar-refractivity contribution in [3.05, 3.63) is 57.9 Å². The molecular formula is C23H30ClNO. The van der Waals surface area contributed by atoms with E-state index in [4.69, 9.17) is 16.6 Å². The Morgan fingerprint density at radius 1 is 1.12 bits per heavy atom. The smallest absolute Gasteiger partial charge is 0.0706 e. The second-order valence-corrected chi connectivity index (χ2v) is 7.75. The number of rotatable bonds is 7. The Balaban J connectivity index is 2.89. The minimum absolute atomic E-state index is 0.0324. The van der Waals surface area contributed by atoms with Gasteiger partial charge in [0.05, 0.1) is 12.3 Å². The van der Waals surface area contributed by atoms with Gasteiger partial charge in [-0.3, -0.25) is 4.98 Å². The van der Waals surface area contributed by atoms with Crippen molar-refractivity contribution in [1.29, 1.82) is 0 Å². The average Bonchev–Trinajstić information content (AvgIpc) is 2.60. The van der Waals surface area contributed by atoms with E-state index in [1.54, 1.807) is 0 Å². The van der Waals surface area contributed by atoms with Crippen LogP contribution in [0.1, 0.15) is 81.8 Å². The molecule has 0 unspecified atom stereocenters. The first kappa shape index (κ1) is 20.7. The lowest BCUT2D eigenvalue weighted by atomic mass is 9.87. The molecule has 0 saturated carbocycles. The Hall–Kier alpha value is -1.64. The molecular weight excluding hydrogens is 342 g/mol. The van der Waals surface area contributed by atoms with Gasteiger partial charge in [-0.05, 0) is 41.5 Å². The van der Waals surface area contributed by atoms with Crippen LogP contribution >= 0.6 is 11.6 Å². The fourth-order valence-corrected chi connectivity index (χ4v) is 3.45. The summed E-state index contributed by atoms with van der Waals surface area (Å²) >= 11 is 6.28. The molecule has 0 aliphatic heterocycles. The SMILES string of the molecule is CCCC=Cc1c(C(C)C)nc(C(C)C)c(CO)c1-c1cccc(Cl)c1. The van der Waals surface area contributed by atoms with Crippen molar-refractivity contribution in [3.63, 3.8) is 0 Å². The van der Waals surface area contributed by atoms with Crippen LogP contribution in [0.2, 0.25) is 5.02 Å². The summed E-state index contributed by atoms with van der Waals surface area (Å²) in [4.78, 5) is 4.99. The first-order valence-corrected chi connectivity index (χ1v) is 9.88. The number of nitrogens with zero attached hydrogens (tertiary/aromatic N) is 1. The van der Waals surface area contributed by atoms with E-state index >= 15 is 0 Å². The molecule has 0 aliphatic carbocycles. The predicted molar refractivity (Wildman–Crippen MR) is 113 cm³/mol. The minimum Gasteiger partial charge on any atom is -0.392 e. The number of aliphatic hydroxyl groups excluding tert-OH is 1. The van der Waals surface area contributed by atoms with Gasteiger partial charge >= 0.3 is 0 Å². The molecule has 26 heavy (non-hydrogen) atoms. The Morgan fingerprint density at radius 2 is 1.81 bits per heavy atom. The average molecular weight is 372 g/mol. The van der Waals surface area contributed by atoms with Gasteiger partial charge in [-0.25, -0.2) is 0 Å². The molecule has 1 N–H and O–H groups in total. The van der Waals surface area contributed by atoms with Gasteiger partial charge in [0.25, 0.3) is 0 Å². The van der Waals surface area contributed by atoms with Gasteiger partial charge in [0.2, 0.25) is 0 Å². The molecule has 0 bridgehead atoms. The highest BCUT2D eigenvalue weighted by atomic mass is 35.5. The summed E-state index contributed by atoms with van der Waals surface area (Å²) < 4.78 is 0. The summed E-state index contributed by atoms with van der Waals surface area (Å²) in [5, 5.41) is 10.9. The van der Waals surface area contributed by atoms with Gasteiger partial charge < -0.3 is 5.11 Å². The van der Waals surface area contributed by atoms with Crippen LogP contribution in [0.3, 0.4) is 0 Å². The highest BCUT2D eigenvalue weighted by Gasteiger charge is 2.22. The van der Waals surface area contributed by atoms with Crippen molar-refractivity contribution >= 4 is 17.7 Å². The lowest BCUT2D eigenvalue weighted by molar-refractivity contribution is 0.280. The lowest BCUT2D eigenvalue weighted by Crippen LogP contribution is -2.10. The largest absolute Gasteiger partial charge is 0.392 e. The molecule has 1 aromatic carbocycles. The number of hydrogen-bond acceptors (Lipinski definition) is 2. The van der Waals surface area contributed by atoms with Crippen LogP contribution in [-0.4, -0.2) is 10.1 Å². The number of halogens is 1. The van der Waals surface area contributed by atoms with Crippen LogP contribution in [0, 0.1) is 0 Å². The first-order valence-electron chi connectivity index (χ1n) is 9.50. The van der Waals surface area contributed by atoms with E-state index in [0.717, 1.165) is 46.5 Å². The molecule has 0 spiro atoms. The normalized spacial score (nSPS) is 11.9. The van der Waals surface area contributed by atoms with Crippen LogP contribution in [-0.2, 0) is 6.61 Å². The molecule has 1 aromatic heterocycles. The standard InChI is InChI=1S/C23H30ClNO/c1-6-7-8-12-19-21(17-10-9-11-18(24)13-17)20(14-26)23(16(4)5)25-22(19)15(2)3/h8-13,15-16,26H,6-7,14H2,1-5H3. The zero-order valence-corrected chi connectivity index (χ0v) is 17.3. The summed E-state index contributed by atoms with van der Waals surface area (Å²) in [6, 6.07) is 7.88. The molecule has 0 atom stereocenters. The van der Waals surface area contributed by atoms with Gasteiger partial charge in [0.1, 0.15) is 0 Å². The van der Waals surface area contributed by atoms with E-state index < -0.39 is 0 Å². The number of allylic oxidation sites excluding steroid dienone is 1. The Morgan fingerprint density at radius 3 is 2.35 bits per heavy atom. The van der Waals surface area contributed by atoms with E-state index in [-0.39, 0.29) is 12.5 Å². The molecule has 0 amide bonds. The summed E-state index contributed by atoms with van der Waals surface area (Å²) in [6.07, 6.45) is 6.50. The maximum Gasteiger partial charge on any atom is 0.0706 e. The molecule has 0 saturated heterocycles. The van der Waals surface area contributed by atoms with Crippen molar-refractivity contribution in [1.82, 2.24) is 4.98 Å². The van der Waals surface area contributed by atoms with Crippen molar-refractivity contribution < 1.29 is 5.11 Å². The summed E-state index contributed by atoms with van der Waals surface area (Å²) in [5.74, 6) is 0.528. The molecule has 2 aromatic rings. The van der Waals surface area contributed by atoms with Crippen LogP contribution in [0.5, 0.6) is 0 Å². The molecule has 0 aliphatic rings. The number of benzene rings is 1. The fraction of sp³-hybridized carbons (Fsp3) is 0.435. The maximum absolute atomic E-state index is 10.2. The second kappa shape index (κ2) is 9.34. The summed E-state index contributed by atoms with van der Waals surface area (Å²) in [5.41, 5.74) is 6.15. The third-order valence-corrected chi connectivity index (χ3v) is 4.74. The zero-order valence-electron chi connectivity index (χ0n) is 16.5. The van der Waals surface area contributed by atoms with Crippen molar-refractivity contribution in [2.45, 2.75) is 65.9 Å². The quantitative estimate of drug-likeness (QED) is 0.570. The van der Waals surface area contributed by atoms with E-state index in [0.29, 0.717) is 10.9 Å². The van der Waals surface area contributed by atoms with Crippen LogP contribution in [0.25, 0.3) is 17.2 Å². The second-order valence-electron chi connectivity index (χ2n) is 7.32.